The first-order valence-corrected chi connectivity index (χ1v) is 6.12. The molecule has 0 saturated carbocycles. The largest absolute Gasteiger partial charge is 0.384 e. The fourth-order valence-electron chi connectivity index (χ4n) is 2.08. The lowest BCUT2D eigenvalue weighted by molar-refractivity contribution is 1.07. The number of nitrogen functional groups attached to an aromatic ring is 1. The van der Waals surface area contributed by atoms with Gasteiger partial charge in [-0.1, -0.05) is 42.5 Å². The summed E-state index contributed by atoms with van der Waals surface area (Å²) in [6.45, 7) is 0.671. The molecule has 4 nitrogen and oxygen atoms in total. The van der Waals surface area contributed by atoms with Crippen LogP contribution in [0.15, 0.2) is 54.7 Å². The van der Waals surface area contributed by atoms with Crippen LogP contribution in [0, 0.1) is 0 Å². The van der Waals surface area contributed by atoms with Gasteiger partial charge in [-0.05, 0) is 22.4 Å². The molecule has 0 unspecified atom stereocenters. The summed E-state index contributed by atoms with van der Waals surface area (Å²) in [5.74, 6) is 1.02. The molecular weight excluding hydrogens is 236 g/mol. The Balaban J connectivity index is 1.86. The Morgan fingerprint density at radius 3 is 2.74 bits per heavy atom. The molecule has 3 aromatic rings. The smallest absolute Gasteiger partial charge is 0.224 e. The van der Waals surface area contributed by atoms with E-state index in [4.69, 9.17) is 5.73 Å². The molecule has 3 N–H and O–H groups in total. The van der Waals surface area contributed by atoms with Crippen molar-refractivity contribution in [3.05, 3.63) is 60.3 Å². The molecular formula is C15H14N4. The molecule has 0 aliphatic carbocycles. The first-order valence-electron chi connectivity index (χ1n) is 6.12. The van der Waals surface area contributed by atoms with Crippen LogP contribution in [0.5, 0.6) is 0 Å². The number of nitrogens with one attached hydrogen (secondary N) is 1. The number of hydrogen-bond acceptors (Lipinski definition) is 4. The maximum Gasteiger partial charge on any atom is 0.224 e. The van der Waals surface area contributed by atoms with Gasteiger partial charge in [-0.3, -0.25) is 0 Å². The molecule has 94 valence electrons. The third-order valence-electron chi connectivity index (χ3n) is 2.99. The zero-order valence-corrected chi connectivity index (χ0v) is 10.4. The fourth-order valence-corrected chi connectivity index (χ4v) is 2.08. The van der Waals surface area contributed by atoms with Gasteiger partial charge in [0.25, 0.3) is 0 Å². The van der Waals surface area contributed by atoms with Gasteiger partial charge in [-0.15, -0.1) is 0 Å². The van der Waals surface area contributed by atoms with Crippen LogP contribution >= 0.6 is 0 Å². The number of nitrogens with two attached hydrogens (primary N) is 1. The van der Waals surface area contributed by atoms with Gasteiger partial charge < -0.3 is 11.1 Å². The molecule has 0 saturated heterocycles. The zero-order chi connectivity index (χ0) is 13.1. The van der Waals surface area contributed by atoms with Crippen molar-refractivity contribution in [1.82, 2.24) is 9.97 Å². The van der Waals surface area contributed by atoms with Crippen molar-refractivity contribution in [2.75, 3.05) is 11.1 Å². The van der Waals surface area contributed by atoms with Crippen LogP contribution < -0.4 is 11.1 Å². The average molecular weight is 250 g/mol. The first kappa shape index (κ1) is 11.5. The van der Waals surface area contributed by atoms with Crippen molar-refractivity contribution in [1.29, 1.82) is 0 Å². The summed E-state index contributed by atoms with van der Waals surface area (Å²) in [6.07, 6.45) is 1.65. The van der Waals surface area contributed by atoms with Crippen molar-refractivity contribution in [3.63, 3.8) is 0 Å². The minimum Gasteiger partial charge on any atom is -0.384 e. The summed E-state index contributed by atoms with van der Waals surface area (Å²) in [5.41, 5.74) is 6.84. The van der Waals surface area contributed by atoms with E-state index >= 15 is 0 Å². The molecule has 19 heavy (non-hydrogen) atoms. The van der Waals surface area contributed by atoms with Gasteiger partial charge in [-0.2, -0.15) is 4.98 Å². The van der Waals surface area contributed by atoms with Crippen LogP contribution in [0.2, 0.25) is 0 Å². The molecule has 0 bridgehead atoms. The van der Waals surface area contributed by atoms with Gasteiger partial charge in [0, 0.05) is 12.7 Å². The Labute approximate surface area is 111 Å². The van der Waals surface area contributed by atoms with Crippen LogP contribution in [0.1, 0.15) is 5.56 Å². The average Bonchev–Trinajstić information content (AvgIpc) is 2.45. The number of fused-ring (bicyclic) bond motifs is 1. The van der Waals surface area contributed by atoms with E-state index in [1.165, 1.54) is 16.3 Å². The lowest BCUT2D eigenvalue weighted by Crippen LogP contribution is -2.05. The molecule has 0 aliphatic rings. The molecule has 0 spiro atoms. The maximum atomic E-state index is 5.63. The Morgan fingerprint density at radius 2 is 1.84 bits per heavy atom. The highest BCUT2D eigenvalue weighted by Crippen LogP contribution is 2.19. The molecule has 0 atom stereocenters. The van der Waals surface area contributed by atoms with Crippen LogP contribution in [0.3, 0.4) is 0 Å². The summed E-state index contributed by atoms with van der Waals surface area (Å²) in [6, 6.07) is 16.2. The van der Waals surface area contributed by atoms with Crippen molar-refractivity contribution in [2.24, 2.45) is 0 Å². The van der Waals surface area contributed by atoms with E-state index < -0.39 is 0 Å². The second-order valence-electron chi connectivity index (χ2n) is 4.30. The molecule has 0 fully saturated rings. The molecule has 0 amide bonds. The highest BCUT2D eigenvalue weighted by Gasteiger charge is 2.01. The van der Waals surface area contributed by atoms with E-state index in [0.29, 0.717) is 18.3 Å². The molecule has 1 heterocycles. The lowest BCUT2D eigenvalue weighted by atomic mass is 10.0. The number of rotatable bonds is 3. The SMILES string of the molecule is Nc1ccnc(NCc2cccc3ccccc23)n1. The Bertz CT molecular complexity index is 704. The Hall–Kier alpha value is -2.62. The topological polar surface area (TPSA) is 63.8 Å². The van der Waals surface area contributed by atoms with E-state index in [0.717, 1.165) is 0 Å². The lowest BCUT2D eigenvalue weighted by Gasteiger charge is -2.08. The third kappa shape index (κ3) is 2.47. The van der Waals surface area contributed by atoms with Crippen molar-refractivity contribution >= 4 is 22.5 Å². The Morgan fingerprint density at radius 1 is 1.00 bits per heavy atom. The summed E-state index contributed by atoms with van der Waals surface area (Å²) >= 11 is 0. The summed E-state index contributed by atoms with van der Waals surface area (Å²) in [7, 11) is 0. The van der Waals surface area contributed by atoms with Gasteiger partial charge >= 0.3 is 0 Å². The number of nitrogens with zero attached hydrogens (tertiary/aromatic N) is 2. The first-order chi connectivity index (χ1) is 9.33. The number of anilines is 2. The molecule has 0 radical (unpaired) electrons. The van der Waals surface area contributed by atoms with E-state index in [1.807, 2.05) is 12.1 Å². The summed E-state index contributed by atoms with van der Waals surface area (Å²) < 4.78 is 0. The molecule has 0 aliphatic heterocycles. The van der Waals surface area contributed by atoms with Gasteiger partial charge in [0.05, 0.1) is 0 Å². The predicted octanol–water partition coefficient (Wildman–Crippen LogP) is 2.82. The van der Waals surface area contributed by atoms with Crippen LogP contribution in [-0.4, -0.2) is 9.97 Å². The van der Waals surface area contributed by atoms with Crippen molar-refractivity contribution in [2.45, 2.75) is 6.54 Å². The predicted molar refractivity (Wildman–Crippen MR) is 77.7 cm³/mol. The summed E-state index contributed by atoms with van der Waals surface area (Å²) in [5, 5.41) is 5.66. The van der Waals surface area contributed by atoms with Crippen molar-refractivity contribution < 1.29 is 0 Å². The molecule has 4 heteroatoms. The van der Waals surface area contributed by atoms with E-state index in [-0.39, 0.29) is 0 Å². The van der Waals surface area contributed by atoms with Gasteiger partial charge in [0.2, 0.25) is 5.95 Å². The third-order valence-corrected chi connectivity index (χ3v) is 2.99. The highest BCUT2D eigenvalue weighted by atomic mass is 15.1. The summed E-state index contributed by atoms with van der Waals surface area (Å²) in [4.78, 5) is 8.26. The zero-order valence-electron chi connectivity index (χ0n) is 10.4. The minimum atomic E-state index is 0.468. The van der Waals surface area contributed by atoms with Crippen LogP contribution in [0.25, 0.3) is 10.8 Å². The second kappa shape index (κ2) is 4.94. The molecule has 3 rings (SSSR count). The van der Waals surface area contributed by atoms with E-state index in [1.54, 1.807) is 12.3 Å². The second-order valence-corrected chi connectivity index (χ2v) is 4.30. The Kier molecular flexibility index (Phi) is 2.98. The molecule has 2 aromatic carbocycles. The van der Waals surface area contributed by atoms with Crippen LogP contribution in [0.4, 0.5) is 11.8 Å². The van der Waals surface area contributed by atoms with Gasteiger partial charge in [-0.25, -0.2) is 4.98 Å². The maximum absolute atomic E-state index is 5.63. The van der Waals surface area contributed by atoms with Crippen LogP contribution in [-0.2, 0) is 6.54 Å². The quantitative estimate of drug-likeness (QED) is 0.750. The fraction of sp³-hybridized carbons (Fsp3) is 0.0667. The normalized spacial score (nSPS) is 10.5. The van der Waals surface area contributed by atoms with E-state index in [9.17, 15) is 0 Å². The molecule has 1 aromatic heterocycles. The van der Waals surface area contributed by atoms with E-state index in [2.05, 4.69) is 45.6 Å². The standard InChI is InChI=1S/C15H14N4/c16-14-8-9-17-15(19-14)18-10-12-6-3-5-11-4-1-2-7-13(11)12/h1-9H,10H2,(H3,16,17,18,19). The van der Waals surface area contributed by atoms with Crippen molar-refractivity contribution in [3.8, 4) is 0 Å². The van der Waals surface area contributed by atoms with Gasteiger partial charge in [0.1, 0.15) is 5.82 Å². The minimum absolute atomic E-state index is 0.468. The number of aromatic nitrogens is 2. The number of hydrogen-bond donors (Lipinski definition) is 2. The van der Waals surface area contributed by atoms with Gasteiger partial charge in [0.15, 0.2) is 0 Å². The monoisotopic (exact) mass is 250 g/mol. The number of benzene rings is 2. The highest BCUT2D eigenvalue weighted by molar-refractivity contribution is 5.85.